The Bertz CT molecular complexity index is 286. The molecule has 0 fully saturated rings. The molecule has 0 rings (SSSR count). The van der Waals surface area contributed by atoms with Crippen molar-refractivity contribution in [1.82, 2.24) is 9.80 Å². The molecule has 19 heavy (non-hydrogen) atoms. The Morgan fingerprint density at radius 2 is 1.95 bits per heavy atom. The van der Waals surface area contributed by atoms with Gasteiger partial charge >= 0.3 is 0 Å². The van der Waals surface area contributed by atoms with Gasteiger partial charge in [0.25, 0.3) is 0 Å². The molecule has 0 heterocycles. The second-order valence-electron chi connectivity index (χ2n) is 5.12. The first-order valence-corrected chi connectivity index (χ1v) is 7.41. The average Bonchev–Trinajstić information content (AvgIpc) is 2.43. The molecule has 0 saturated carbocycles. The van der Waals surface area contributed by atoms with Gasteiger partial charge in [-0.3, -0.25) is 4.79 Å². The molecule has 0 N–H and O–H groups in total. The van der Waals surface area contributed by atoms with E-state index < -0.39 is 0 Å². The molecule has 1 atom stereocenters. The van der Waals surface area contributed by atoms with E-state index in [1.807, 2.05) is 0 Å². The zero-order chi connectivity index (χ0) is 14.7. The first-order valence-electron chi connectivity index (χ1n) is 7.41. The lowest BCUT2D eigenvalue weighted by Crippen LogP contribution is -2.37. The average molecular weight is 267 g/mol. The van der Waals surface area contributed by atoms with Crippen molar-refractivity contribution in [2.75, 3.05) is 26.7 Å². The van der Waals surface area contributed by atoms with Gasteiger partial charge in [0.05, 0.1) is 12.5 Å². The van der Waals surface area contributed by atoms with Gasteiger partial charge in [-0.05, 0) is 26.3 Å². The summed E-state index contributed by atoms with van der Waals surface area (Å²) in [5, 5.41) is 8.52. The zero-order valence-electron chi connectivity index (χ0n) is 13.0. The molecular formula is C15H29N3O. The molecule has 1 amide bonds. The summed E-state index contributed by atoms with van der Waals surface area (Å²) in [4.78, 5) is 16.0. The first-order chi connectivity index (χ1) is 9.06. The maximum atomic E-state index is 11.9. The molecule has 0 aromatic rings. The van der Waals surface area contributed by atoms with Crippen LogP contribution in [0.2, 0.25) is 0 Å². The van der Waals surface area contributed by atoms with Gasteiger partial charge in [-0.1, -0.05) is 20.3 Å². The topological polar surface area (TPSA) is 47.3 Å². The smallest absolute Gasteiger partial charge is 0.223 e. The lowest BCUT2D eigenvalue weighted by Gasteiger charge is -2.28. The number of carbonyl (C=O) groups is 1. The summed E-state index contributed by atoms with van der Waals surface area (Å²) in [6.45, 7) is 9.03. The monoisotopic (exact) mass is 267 g/mol. The molecule has 0 radical (unpaired) electrons. The summed E-state index contributed by atoms with van der Waals surface area (Å²) in [7, 11) is 1.78. The summed E-state index contributed by atoms with van der Waals surface area (Å²) < 4.78 is 0. The van der Waals surface area contributed by atoms with E-state index in [2.05, 4.69) is 31.7 Å². The third-order valence-corrected chi connectivity index (χ3v) is 3.61. The molecule has 0 aromatic heterocycles. The molecule has 0 spiro atoms. The van der Waals surface area contributed by atoms with Crippen molar-refractivity contribution in [2.24, 2.45) is 0 Å². The summed E-state index contributed by atoms with van der Waals surface area (Å²) in [6.07, 6.45) is 4.44. The van der Waals surface area contributed by atoms with Crippen LogP contribution >= 0.6 is 0 Å². The van der Waals surface area contributed by atoms with E-state index in [1.54, 1.807) is 11.9 Å². The largest absolute Gasteiger partial charge is 0.345 e. The van der Waals surface area contributed by atoms with Crippen molar-refractivity contribution >= 4 is 5.91 Å². The summed E-state index contributed by atoms with van der Waals surface area (Å²) >= 11 is 0. The van der Waals surface area contributed by atoms with Gasteiger partial charge in [0.1, 0.15) is 0 Å². The minimum absolute atomic E-state index is 0.139. The van der Waals surface area contributed by atoms with Crippen LogP contribution in [0.4, 0.5) is 0 Å². The molecule has 110 valence electrons. The fourth-order valence-corrected chi connectivity index (χ4v) is 1.94. The third kappa shape index (κ3) is 7.84. The molecule has 4 heteroatoms. The van der Waals surface area contributed by atoms with Crippen molar-refractivity contribution < 1.29 is 4.79 Å². The molecule has 1 unspecified atom stereocenters. The molecule has 4 nitrogen and oxygen atoms in total. The molecule has 0 aliphatic carbocycles. The Morgan fingerprint density at radius 3 is 2.47 bits per heavy atom. The number of nitrogens with zero attached hydrogens (tertiary/aromatic N) is 3. The quantitative estimate of drug-likeness (QED) is 0.611. The van der Waals surface area contributed by atoms with E-state index in [-0.39, 0.29) is 5.91 Å². The van der Waals surface area contributed by atoms with Crippen LogP contribution in [0.25, 0.3) is 0 Å². The van der Waals surface area contributed by atoms with Gasteiger partial charge in [-0.25, -0.2) is 0 Å². The lowest BCUT2D eigenvalue weighted by molar-refractivity contribution is -0.130. The fraction of sp³-hybridized carbons (Fsp3) is 0.867. The summed E-state index contributed by atoms with van der Waals surface area (Å²) in [6, 6.07) is 2.60. The Kier molecular flexibility index (Phi) is 10.2. The number of unbranched alkanes of at least 4 members (excludes halogenated alkanes) is 1. The van der Waals surface area contributed by atoms with Gasteiger partial charge in [0.15, 0.2) is 0 Å². The SMILES string of the molecule is CCCCN(CCC(=O)N(C)CCC#N)C(C)CC. The van der Waals surface area contributed by atoms with E-state index >= 15 is 0 Å². The Morgan fingerprint density at radius 1 is 1.26 bits per heavy atom. The van der Waals surface area contributed by atoms with E-state index in [0.717, 1.165) is 19.5 Å². The minimum Gasteiger partial charge on any atom is -0.345 e. The van der Waals surface area contributed by atoms with E-state index in [9.17, 15) is 4.79 Å². The predicted octanol–water partition coefficient (Wildman–Crippen LogP) is 2.65. The van der Waals surface area contributed by atoms with Crippen LogP contribution in [0.5, 0.6) is 0 Å². The zero-order valence-corrected chi connectivity index (χ0v) is 13.0. The van der Waals surface area contributed by atoms with Crippen LogP contribution in [0, 0.1) is 11.3 Å². The van der Waals surface area contributed by atoms with Gasteiger partial charge in [0, 0.05) is 32.6 Å². The molecule has 0 aromatic carbocycles. The lowest BCUT2D eigenvalue weighted by atomic mass is 10.2. The van der Waals surface area contributed by atoms with Crippen molar-refractivity contribution in [3.05, 3.63) is 0 Å². The van der Waals surface area contributed by atoms with Gasteiger partial charge in [0.2, 0.25) is 5.91 Å². The van der Waals surface area contributed by atoms with Crippen molar-refractivity contribution in [3.8, 4) is 6.07 Å². The molecule has 0 bridgehead atoms. The molecular weight excluding hydrogens is 238 g/mol. The fourth-order valence-electron chi connectivity index (χ4n) is 1.94. The van der Waals surface area contributed by atoms with Crippen molar-refractivity contribution in [3.63, 3.8) is 0 Å². The van der Waals surface area contributed by atoms with Gasteiger partial charge < -0.3 is 9.80 Å². The number of hydrogen-bond donors (Lipinski definition) is 0. The van der Waals surface area contributed by atoms with Crippen LogP contribution in [0.3, 0.4) is 0 Å². The maximum absolute atomic E-state index is 11.9. The van der Waals surface area contributed by atoms with E-state index in [4.69, 9.17) is 5.26 Å². The van der Waals surface area contributed by atoms with Crippen LogP contribution in [0.1, 0.15) is 52.9 Å². The highest BCUT2D eigenvalue weighted by Gasteiger charge is 2.15. The van der Waals surface area contributed by atoms with Crippen LogP contribution < -0.4 is 0 Å². The number of nitriles is 1. The van der Waals surface area contributed by atoms with Crippen LogP contribution in [-0.2, 0) is 4.79 Å². The third-order valence-electron chi connectivity index (χ3n) is 3.61. The number of amides is 1. The number of hydrogen-bond acceptors (Lipinski definition) is 3. The van der Waals surface area contributed by atoms with Gasteiger partial charge in [-0.15, -0.1) is 0 Å². The Labute approximate surface area is 118 Å². The Balaban J connectivity index is 4.15. The summed E-state index contributed by atoms with van der Waals surface area (Å²) in [5.74, 6) is 0.139. The van der Waals surface area contributed by atoms with E-state index in [0.29, 0.717) is 25.4 Å². The molecule has 0 aliphatic heterocycles. The number of carbonyl (C=O) groups excluding carboxylic acids is 1. The maximum Gasteiger partial charge on any atom is 0.223 e. The van der Waals surface area contributed by atoms with Crippen molar-refractivity contribution in [2.45, 2.75) is 58.9 Å². The second kappa shape index (κ2) is 10.8. The first kappa shape index (κ1) is 17.9. The second-order valence-corrected chi connectivity index (χ2v) is 5.12. The van der Waals surface area contributed by atoms with Gasteiger partial charge in [-0.2, -0.15) is 5.26 Å². The summed E-state index contributed by atoms with van der Waals surface area (Å²) in [5.41, 5.74) is 0. The Hall–Kier alpha value is -1.08. The van der Waals surface area contributed by atoms with Crippen LogP contribution in [-0.4, -0.2) is 48.4 Å². The normalized spacial score (nSPS) is 12.2. The minimum atomic E-state index is 0.139. The van der Waals surface area contributed by atoms with E-state index in [1.165, 1.54) is 12.8 Å². The number of rotatable bonds is 10. The highest BCUT2D eigenvalue weighted by atomic mass is 16.2. The highest BCUT2D eigenvalue weighted by Crippen LogP contribution is 2.07. The highest BCUT2D eigenvalue weighted by molar-refractivity contribution is 5.76. The standard InChI is InChI=1S/C15H29N3O/c1-5-7-12-18(14(3)6-2)13-9-15(19)17(4)11-8-10-16/h14H,5-9,11-13H2,1-4H3. The molecule has 0 saturated heterocycles. The van der Waals surface area contributed by atoms with Crippen molar-refractivity contribution in [1.29, 1.82) is 5.26 Å². The predicted molar refractivity (Wildman–Crippen MR) is 78.7 cm³/mol. The molecule has 0 aliphatic rings. The van der Waals surface area contributed by atoms with Crippen LogP contribution in [0.15, 0.2) is 0 Å².